The molecule has 2 N–H and O–H groups in total. The van der Waals surface area contributed by atoms with Crippen LogP contribution in [0.15, 0.2) is 42.9 Å². The number of rotatable bonds is 7. The van der Waals surface area contributed by atoms with Crippen LogP contribution in [0.25, 0.3) is 10.9 Å². The second-order valence-corrected chi connectivity index (χ2v) is 6.33. The predicted molar refractivity (Wildman–Crippen MR) is 103 cm³/mol. The summed E-state index contributed by atoms with van der Waals surface area (Å²) in [5, 5.41) is 3.49. The van der Waals surface area contributed by atoms with Crippen LogP contribution in [-0.2, 0) is 25.5 Å². The fourth-order valence-corrected chi connectivity index (χ4v) is 2.79. The minimum Gasteiger partial charge on any atom is -0.467 e. The van der Waals surface area contributed by atoms with Crippen molar-refractivity contribution in [2.45, 2.75) is 19.4 Å². The second-order valence-electron chi connectivity index (χ2n) is 6.33. The first kappa shape index (κ1) is 20.0. The largest absolute Gasteiger partial charge is 0.467 e. The molecule has 0 unspecified atom stereocenters. The number of carbonyl (C=O) groups is 3. The van der Waals surface area contributed by atoms with Crippen LogP contribution in [0.2, 0.25) is 0 Å². The molecule has 1 amide bonds. The lowest BCUT2D eigenvalue weighted by molar-refractivity contribution is -0.145. The molecule has 0 bridgehead atoms. The zero-order valence-electron chi connectivity index (χ0n) is 16.0. The first-order valence-corrected chi connectivity index (χ1v) is 8.86. The summed E-state index contributed by atoms with van der Waals surface area (Å²) in [6, 6.07) is 6.69. The number of aromatic amines is 1. The van der Waals surface area contributed by atoms with Gasteiger partial charge in [-0.2, -0.15) is 0 Å². The summed E-state index contributed by atoms with van der Waals surface area (Å²) in [5.41, 5.74) is 2.41. The molecule has 1 aromatic carbocycles. The van der Waals surface area contributed by atoms with E-state index in [-0.39, 0.29) is 12.1 Å². The average molecular weight is 396 g/mol. The molecule has 0 saturated heterocycles. The fourth-order valence-electron chi connectivity index (χ4n) is 2.79. The molecule has 3 aromatic rings. The van der Waals surface area contributed by atoms with Crippen molar-refractivity contribution in [3.63, 3.8) is 0 Å². The summed E-state index contributed by atoms with van der Waals surface area (Å²) in [5.74, 6) is -2.01. The highest BCUT2D eigenvalue weighted by Crippen LogP contribution is 2.19. The number of hydrogen-bond donors (Lipinski definition) is 2. The number of fused-ring (bicyclic) bond motifs is 1. The van der Waals surface area contributed by atoms with Crippen LogP contribution in [0.4, 0.5) is 0 Å². The average Bonchev–Trinajstić information content (AvgIpc) is 3.14. The Hall–Kier alpha value is -3.75. The maximum Gasteiger partial charge on any atom is 0.359 e. The molecule has 0 aliphatic heterocycles. The quantitative estimate of drug-likeness (QED) is 0.577. The number of nitrogens with one attached hydrogen (secondary N) is 2. The lowest BCUT2D eigenvalue weighted by Crippen LogP contribution is -2.44. The molecule has 3 rings (SSSR count). The summed E-state index contributed by atoms with van der Waals surface area (Å²) >= 11 is 0. The van der Waals surface area contributed by atoms with E-state index in [0.717, 1.165) is 16.5 Å². The van der Waals surface area contributed by atoms with Gasteiger partial charge in [0, 0.05) is 29.7 Å². The minimum atomic E-state index is -0.926. The Morgan fingerprint density at radius 3 is 2.69 bits per heavy atom. The predicted octanol–water partition coefficient (Wildman–Crippen LogP) is 1.32. The SMILES string of the molecule is COC(=O)[C@@H](Cc1c[nH]c2ccccc12)NC(=O)COC(=O)c1cnc(C)cn1. The van der Waals surface area contributed by atoms with Crippen LogP contribution in [-0.4, -0.2) is 52.6 Å². The Balaban J connectivity index is 1.62. The standard InChI is InChI=1S/C20H20N4O5/c1-12-8-22-17(10-21-12)20(27)29-11-18(25)24-16(19(26)28-2)7-13-9-23-15-6-4-3-5-14(13)15/h3-6,8-10,16,23H,7,11H2,1-2H3,(H,24,25)/t16-/m1/s1. The Morgan fingerprint density at radius 2 is 1.97 bits per heavy atom. The topological polar surface area (TPSA) is 123 Å². The molecule has 2 aromatic heterocycles. The number of amides is 1. The lowest BCUT2D eigenvalue weighted by Gasteiger charge is -2.16. The fraction of sp³-hybridized carbons (Fsp3) is 0.250. The number of esters is 2. The van der Waals surface area contributed by atoms with Crippen LogP contribution in [0.5, 0.6) is 0 Å². The van der Waals surface area contributed by atoms with Crippen molar-refractivity contribution in [3.8, 4) is 0 Å². The smallest absolute Gasteiger partial charge is 0.359 e. The third-order valence-electron chi connectivity index (χ3n) is 4.24. The highest BCUT2D eigenvalue weighted by molar-refractivity contribution is 5.91. The molecule has 2 heterocycles. The van der Waals surface area contributed by atoms with Crippen LogP contribution in [0, 0.1) is 6.92 Å². The van der Waals surface area contributed by atoms with Gasteiger partial charge in [-0.1, -0.05) is 18.2 Å². The molecule has 0 spiro atoms. The van der Waals surface area contributed by atoms with Gasteiger partial charge in [0.15, 0.2) is 12.3 Å². The number of carbonyl (C=O) groups excluding carboxylic acids is 3. The van der Waals surface area contributed by atoms with E-state index < -0.39 is 30.5 Å². The zero-order valence-corrected chi connectivity index (χ0v) is 16.0. The Kier molecular flexibility index (Phi) is 6.18. The van der Waals surface area contributed by atoms with E-state index in [0.29, 0.717) is 5.69 Å². The van der Waals surface area contributed by atoms with Gasteiger partial charge in [0.1, 0.15) is 6.04 Å². The van der Waals surface area contributed by atoms with Gasteiger partial charge in [0.25, 0.3) is 5.91 Å². The Morgan fingerprint density at radius 1 is 1.17 bits per heavy atom. The normalized spacial score (nSPS) is 11.7. The molecule has 29 heavy (non-hydrogen) atoms. The van der Waals surface area contributed by atoms with Crippen molar-refractivity contribution in [3.05, 3.63) is 59.8 Å². The third-order valence-corrected chi connectivity index (χ3v) is 4.24. The molecule has 0 fully saturated rings. The number of aromatic nitrogens is 3. The number of aryl methyl sites for hydroxylation is 1. The van der Waals surface area contributed by atoms with Gasteiger partial charge in [0.2, 0.25) is 0 Å². The molecular formula is C20H20N4O5. The number of methoxy groups -OCH3 is 1. The van der Waals surface area contributed by atoms with E-state index in [2.05, 4.69) is 20.3 Å². The number of para-hydroxylation sites is 1. The van der Waals surface area contributed by atoms with Gasteiger partial charge in [-0.05, 0) is 18.6 Å². The van der Waals surface area contributed by atoms with Crippen molar-refractivity contribution < 1.29 is 23.9 Å². The van der Waals surface area contributed by atoms with Gasteiger partial charge in [0.05, 0.1) is 19.0 Å². The molecular weight excluding hydrogens is 376 g/mol. The van der Waals surface area contributed by atoms with Gasteiger partial charge >= 0.3 is 11.9 Å². The van der Waals surface area contributed by atoms with Gasteiger partial charge in [-0.3, -0.25) is 9.78 Å². The summed E-state index contributed by atoms with van der Waals surface area (Å²) < 4.78 is 9.73. The number of ether oxygens (including phenoxy) is 2. The molecule has 0 aliphatic rings. The second kappa shape index (κ2) is 8.96. The maximum absolute atomic E-state index is 12.2. The maximum atomic E-state index is 12.2. The van der Waals surface area contributed by atoms with E-state index in [9.17, 15) is 14.4 Å². The Labute approximate surface area is 166 Å². The van der Waals surface area contributed by atoms with E-state index in [1.165, 1.54) is 19.5 Å². The molecule has 1 atom stereocenters. The van der Waals surface area contributed by atoms with Gasteiger partial charge < -0.3 is 19.8 Å². The molecule has 0 aliphatic carbocycles. The molecule has 0 saturated carbocycles. The van der Waals surface area contributed by atoms with Crippen molar-refractivity contribution in [1.29, 1.82) is 0 Å². The summed E-state index contributed by atoms with van der Waals surface area (Å²) in [7, 11) is 1.24. The number of nitrogens with zero attached hydrogens (tertiary/aromatic N) is 2. The van der Waals surface area contributed by atoms with Gasteiger partial charge in [-0.25, -0.2) is 14.6 Å². The van der Waals surface area contributed by atoms with Crippen LogP contribution >= 0.6 is 0 Å². The monoisotopic (exact) mass is 396 g/mol. The molecule has 9 nitrogen and oxygen atoms in total. The molecule has 0 radical (unpaired) electrons. The highest BCUT2D eigenvalue weighted by atomic mass is 16.5. The minimum absolute atomic E-state index is 0.00768. The Bertz CT molecular complexity index is 1030. The summed E-state index contributed by atoms with van der Waals surface area (Å²) in [4.78, 5) is 47.2. The van der Waals surface area contributed by atoms with E-state index in [1.54, 1.807) is 13.1 Å². The number of benzene rings is 1. The molecule has 9 heteroatoms. The lowest BCUT2D eigenvalue weighted by atomic mass is 10.0. The first-order chi connectivity index (χ1) is 14.0. The third kappa shape index (κ3) is 4.95. The van der Waals surface area contributed by atoms with Crippen molar-refractivity contribution in [2.75, 3.05) is 13.7 Å². The number of hydrogen-bond acceptors (Lipinski definition) is 7. The zero-order chi connectivity index (χ0) is 20.8. The highest BCUT2D eigenvalue weighted by Gasteiger charge is 2.24. The first-order valence-electron chi connectivity index (χ1n) is 8.86. The van der Waals surface area contributed by atoms with E-state index in [4.69, 9.17) is 9.47 Å². The summed E-state index contributed by atoms with van der Waals surface area (Å²) in [6.45, 7) is 1.17. The summed E-state index contributed by atoms with van der Waals surface area (Å²) in [6.07, 6.45) is 4.69. The van der Waals surface area contributed by atoms with E-state index in [1.807, 2.05) is 24.3 Å². The van der Waals surface area contributed by atoms with Crippen LogP contribution in [0.3, 0.4) is 0 Å². The van der Waals surface area contributed by atoms with Crippen LogP contribution < -0.4 is 5.32 Å². The van der Waals surface area contributed by atoms with Crippen LogP contribution in [0.1, 0.15) is 21.7 Å². The molecule has 150 valence electrons. The van der Waals surface area contributed by atoms with Crippen molar-refractivity contribution >= 4 is 28.7 Å². The van der Waals surface area contributed by atoms with Crippen molar-refractivity contribution in [2.24, 2.45) is 0 Å². The number of H-pyrrole nitrogens is 1. The van der Waals surface area contributed by atoms with E-state index >= 15 is 0 Å². The van der Waals surface area contributed by atoms with Gasteiger partial charge in [-0.15, -0.1) is 0 Å². The van der Waals surface area contributed by atoms with Crippen molar-refractivity contribution in [1.82, 2.24) is 20.3 Å².